The first-order valence-electron chi connectivity index (χ1n) is 8.48. The fourth-order valence-corrected chi connectivity index (χ4v) is 2.45. The maximum Gasteiger partial charge on any atom is 0.255 e. The first kappa shape index (κ1) is 18.2. The number of amides is 2. The monoisotopic (exact) mass is 364 g/mol. The van der Waals surface area contributed by atoms with E-state index in [0.717, 1.165) is 0 Å². The van der Waals surface area contributed by atoms with Crippen molar-refractivity contribution in [3.63, 3.8) is 0 Å². The molecule has 138 valence electrons. The zero-order valence-electron chi connectivity index (χ0n) is 15.0. The molecule has 0 saturated heterocycles. The van der Waals surface area contributed by atoms with Crippen molar-refractivity contribution in [2.45, 2.75) is 19.9 Å². The van der Waals surface area contributed by atoms with Crippen molar-refractivity contribution in [2.75, 3.05) is 16.0 Å². The Morgan fingerprint density at radius 1 is 0.963 bits per heavy atom. The molecular weight excluding hydrogens is 344 g/mol. The molecule has 1 heterocycles. The normalized spacial score (nSPS) is 11.5. The topological polar surface area (TPSA) is 96.3 Å². The molecule has 0 saturated carbocycles. The summed E-state index contributed by atoms with van der Waals surface area (Å²) in [6, 6.07) is 17.3. The number of hydrogen-bond donors (Lipinski definition) is 3. The maximum absolute atomic E-state index is 12.2. The van der Waals surface area contributed by atoms with Crippen LogP contribution in [0.25, 0.3) is 0 Å². The van der Waals surface area contributed by atoms with Crippen molar-refractivity contribution >= 4 is 29.1 Å². The summed E-state index contributed by atoms with van der Waals surface area (Å²) in [5.74, 6) is -0.154. The molecule has 1 atom stereocenters. The van der Waals surface area contributed by atoms with E-state index in [2.05, 4.69) is 21.1 Å². The lowest BCUT2D eigenvalue weighted by atomic mass is 10.2. The zero-order valence-corrected chi connectivity index (χ0v) is 15.0. The summed E-state index contributed by atoms with van der Waals surface area (Å²) in [6.45, 7) is 3.50. The molecule has 0 aliphatic rings. The van der Waals surface area contributed by atoms with Gasteiger partial charge in [0, 0.05) is 23.0 Å². The van der Waals surface area contributed by atoms with Gasteiger partial charge >= 0.3 is 0 Å². The van der Waals surface area contributed by atoms with Gasteiger partial charge in [0.2, 0.25) is 11.8 Å². The summed E-state index contributed by atoms with van der Waals surface area (Å²) >= 11 is 0. The molecule has 0 spiro atoms. The minimum Gasteiger partial charge on any atom is -0.374 e. The second-order valence-electron chi connectivity index (χ2n) is 6.09. The van der Waals surface area contributed by atoms with E-state index in [1.807, 2.05) is 24.3 Å². The third kappa shape index (κ3) is 4.94. The Bertz CT molecular complexity index is 937. The third-order valence-electron chi connectivity index (χ3n) is 3.81. The van der Waals surface area contributed by atoms with E-state index in [9.17, 15) is 9.59 Å². The number of carbonyl (C=O) groups excluding carboxylic acids is 2. The fourth-order valence-electron chi connectivity index (χ4n) is 2.45. The largest absolute Gasteiger partial charge is 0.374 e. The first-order chi connectivity index (χ1) is 13.0. The van der Waals surface area contributed by atoms with Crippen molar-refractivity contribution in [3.8, 4) is 0 Å². The standard InChI is InChI=1S/C20H20N4O3/c1-13-11-18(27-24-13)23-19(25)14(2)21-16-9-6-10-17(12-16)22-20(26)15-7-4-3-5-8-15/h3-12,14,21H,1-2H3,(H,22,26)(H,23,25)/t14-/m1/s1. The molecule has 27 heavy (non-hydrogen) atoms. The molecule has 0 fully saturated rings. The molecule has 0 aliphatic carbocycles. The van der Waals surface area contributed by atoms with Crippen LogP contribution in [0.5, 0.6) is 0 Å². The highest BCUT2D eigenvalue weighted by Gasteiger charge is 2.15. The smallest absolute Gasteiger partial charge is 0.255 e. The minimum absolute atomic E-state index is 0.195. The van der Waals surface area contributed by atoms with Crippen LogP contribution in [0.2, 0.25) is 0 Å². The van der Waals surface area contributed by atoms with Gasteiger partial charge in [0.1, 0.15) is 6.04 Å². The molecule has 1 aromatic heterocycles. The van der Waals surface area contributed by atoms with Gasteiger partial charge in [-0.05, 0) is 44.2 Å². The van der Waals surface area contributed by atoms with E-state index in [1.165, 1.54) is 0 Å². The molecule has 0 unspecified atom stereocenters. The van der Waals surface area contributed by atoms with E-state index in [-0.39, 0.29) is 11.8 Å². The molecule has 3 aromatic rings. The SMILES string of the molecule is Cc1cc(NC(=O)[C@@H](C)Nc2cccc(NC(=O)c3ccccc3)c2)on1. The van der Waals surface area contributed by atoms with Crippen molar-refractivity contribution in [1.29, 1.82) is 0 Å². The van der Waals surface area contributed by atoms with Gasteiger partial charge in [-0.15, -0.1) is 0 Å². The summed E-state index contributed by atoms with van der Waals surface area (Å²) in [7, 11) is 0. The molecule has 2 amide bonds. The predicted molar refractivity (Wildman–Crippen MR) is 104 cm³/mol. The Hall–Kier alpha value is -3.61. The molecule has 7 nitrogen and oxygen atoms in total. The van der Waals surface area contributed by atoms with Crippen LogP contribution in [0, 0.1) is 6.92 Å². The number of nitrogens with one attached hydrogen (secondary N) is 3. The van der Waals surface area contributed by atoms with Crippen LogP contribution < -0.4 is 16.0 Å². The summed E-state index contributed by atoms with van der Waals surface area (Å²) in [4.78, 5) is 24.5. The Morgan fingerprint density at radius 3 is 2.41 bits per heavy atom. The molecular formula is C20H20N4O3. The van der Waals surface area contributed by atoms with Gasteiger partial charge in [-0.3, -0.25) is 14.9 Å². The van der Waals surface area contributed by atoms with Crippen molar-refractivity contribution < 1.29 is 14.1 Å². The molecule has 7 heteroatoms. The van der Waals surface area contributed by atoms with Crippen LogP contribution in [-0.2, 0) is 4.79 Å². The number of hydrogen-bond acceptors (Lipinski definition) is 5. The lowest BCUT2D eigenvalue weighted by molar-refractivity contribution is -0.116. The summed E-state index contributed by atoms with van der Waals surface area (Å²) < 4.78 is 4.98. The van der Waals surface area contributed by atoms with Gasteiger partial charge in [-0.1, -0.05) is 29.4 Å². The van der Waals surface area contributed by atoms with E-state index < -0.39 is 6.04 Å². The number of aromatic nitrogens is 1. The van der Waals surface area contributed by atoms with E-state index >= 15 is 0 Å². The van der Waals surface area contributed by atoms with Crippen LogP contribution in [0.4, 0.5) is 17.3 Å². The van der Waals surface area contributed by atoms with Gasteiger partial charge in [0.05, 0.1) is 5.69 Å². The lowest BCUT2D eigenvalue weighted by Gasteiger charge is -2.15. The third-order valence-corrected chi connectivity index (χ3v) is 3.81. The van der Waals surface area contributed by atoms with Gasteiger partial charge in [0.15, 0.2) is 0 Å². The molecule has 2 aromatic carbocycles. The first-order valence-corrected chi connectivity index (χ1v) is 8.48. The molecule has 0 radical (unpaired) electrons. The Kier molecular flexibility index (Phi) is 5.51. The quantitative estimate of drug-likeness (QED) is 0.620. The fraction of sp³-hybridized carbons (Fsp3) is 0.150. The number of aryl methyl sites for hydroxylation is 1. The Balaban J connectivity index is 1.61. The van der Waals surface area contributed by atoms with Crippen molar-refractivity contribution in [3.05, 3.63) is 71.9 Å². The minimum atomic E-state index is -0.518. The Labute approximate surface area is 156 Å². The number of benzene rings is 2. The number of anilines is 3. The summed E-state index contributed by atoms with van der Waals surface area (Å²) in [6.07, 6.45) is 0. The van der Waals surface area contributed by atoms with Crippen molar-refractivity contribution in [1.82, 2.24) is 5.16 Å². The molecule has 3 N–H and O–H groups in total. The zero-order chi connectivity index (χ0) is 19.2. The average molecular weight is 364 g/mol. The molecule has 0 bridgehead atoms. The van der Waals surface area contributed by atoms with Crippen LogP contribution in [-0.4, -0.2) is 23.0 Å². The predicted octanol–water partition coefficient (Wildman–Crippen LogP) is 3.67. The number of nitrogens with zero attached hydrogens (tertiary/aromatic N) is 1. The second kappa shape index (κ2) is 8.18. The Morgan fingerprint density at radius 2 is 1.70 bits per heavy atom. The number of carbonyl (C=O) groups is 2. The van der Waals surface area contributed by atoms with Crippen molar-refractivity contribution in [2.24, 2.45) is 0 Å². The molecule has 0 aliphatic heterocycles. The second-order valence-corrected chi connectivity index (χ2v) is 6.09. The highest BCUT2D eigenvalue weighted by molar-refractivity contribution is 6.04. The van der Waals surface area contributed by atoms with Crippen LogP contribution in [0.3, 0.4) is 0 Å². The summed E-state index contributed by atoms with van der Waals surface area (Å²) in [5.41, 5.74) is 2.60. The van der Waals surface area contributed by atoms with Gasteiger partial charge in [0.25, 0.3) is 5.91 Å². The van der Waals surface area contributed by atoms with Gasteiger partial charge in [-0.25, -0.2) is 0 Å². The van der Waals surface area contributed by atoms with Gasteiger partial charge in [-0.2, -0.15) is 0 Å². The van der Waals surface area contributed by atoms with Crippen LogP contribution in [0.1, 0.15) is 23.0 Å². The summed E-state index contributed by atoms with van der Waals surface area (Å²) in [5, 5.41) is 12.3. The highest BCUT2D eigenvalue weighted by atomic mass is 16.5. The maximum atomic E-state index is 12.2. The lowest BCUT2D eigenvalue weighted by Crippen LogP contribution is -2.31. The average Bonchev–Trinajstić information content (AvgIpc) is 3.07. The van der Waals surface area contributed by atoms with E-state index in [0.29, 0.717) is 28.5 Å². The number of rotatable bonds is 6. The van der Waals surface area contributed by atoms with Crippen LogP contribution >= 0.6 is 0 Å². The van der Waals surface area contributed by atoms with E-state index in [1.54, 1.807) is 50.2 Å². The van der Waals surface area contributed by atoms with E-state index in [4.69, 9.17) is 4.52 Å². The highest BCUT2D eigenvalue weighted by Crippen LogP contribution is 2.17. The van der Waals surface area contributed by atoms with Crippen LogP contribution in [0.15, 0.2) is 65.2 Å². The molecule has 3 rings (SSSR count). The van der Waals surface area contributed by atoms with Gasteiger partial charge < -0.3 is 15.2 Å².